The molecule has 0 amide bonds. The highest BCUT2D eigenvalue weighted by molar-refractivity contribution is 4.77. The van der Waals surface area contributed by atoms with Crippen LogP contribution in [0.3, 0.4) is 0 Å². The van der Waals surface area contributed by atoms with Crippen LogP contribution in [0, 0.1) is 10.8 Å². The predicted molar refractivity (Wildman–Crippen MR) is 123 cm³/mol. The highest BCUT2D eigenvalue weighted by atomic mass is 16.5. The minimum Gasteiger partial charge on any atom is -0.396 e. The zero-order chi connectivity index (χ0) is 23.3. The molecule has 0 radical (unpaired) electrons. The van der Waals surface area contributed by atoms with Crippen LogP contribution in [0.1, 0.15) is 89.9 Å². The van der Waals surface area contributed by atoms with Crippen LogP contribution in [0.5, 0.6) is 0 Å². The SMILES string of the molecule is OCC(CO)(CO)CCCCCCCCOCCCCCCCCC(CO)(CO)CO. The first-order valence-corrected chi connectivity index (χ1v) is 12.3. The van der Waals surface area contributed by atoms with Crippen molar-refractivity contribution >= 4 is 0 Å². The minimum absolute atomic E-state index is 0.169. The van der Waals surface area contributed by atoms with E-state index in [2.05, 4.69) is 0 Å². The maximum Gasteiger partial charge on any atom is 0.0531 e. The molecule has 0 saturated heterocycles. The molecular formula is C24H50O7. The van der Waals surface area contributed by atoms with E-state index in [0.29, 0.717) is 12.8 Å². The molecule has 0 aliphatic carbocycles. The van der Waals surface area contributed by atoms with Crippen molar-refractivity contribution in [3.63, 3.8) is 0 Å². The maximum atomic E-state index is 9.30. The van der Waals surface area contributed by atoms with Gasteiger partial charge in [0.2, 0.25) is 0 Å². The summed E-state index contributed by atoms with van der Waals surface area (Å²) in [5.74, 6) is 0. The highest BCUT2D eigenvalue weighted by Gasteiger charge is 2.27. The van der Waals surface area contributed by atoms with Crippen LogP contribution in [0.15, 0.2) is 0 Å². The summed E-state index contributed by atoms with van der Waals surface area (Å²) >= 11 is 0. The lowest BCUT2D eigenvalue weighted by Crippen LogP contribution is -2.33. The summed E-state index contributed by atoms with van der Waals surface area (Å²) < 4.78 is 5.70. The van der Waals surface area contributed by atoms with Gasteiger partial charge in [-0.25, -0.2) is 0 Å². The largest absolute Gasteiger partial charge is 0.396 e. The molecule has 0 aromatic rings. The fourth-order valence-corrected chi connectivity index (χ4v) is 3.70. The van der Waals surface area contributed by atoms with Crippen molar-refractivity contribution in [3.05, 3.63) is 0 Å². The first-order chi connectivity index (χ1) is 15.1. The summed E-state index contributed by atoms with van der Waals surface area (Å²) in [6, 6.07) is 0. The Balaban J connectivity index is 3.35. The van der Waals surface area contributed by atoms with Gasteiger partial charge in [0.25, 0.3) is 0 Å². The maximum absolute atomic E-state index is 9.30. The zero-order valence-corrected chi connectivity index (χ0v) is 19.6. The molecule has 0 rings (SSSR count). The Morgan fingerprint density at radius 1 is 0.355 bits per heavy atom. The van der Waals surface area contributed by atoms with Crippen molar-refractivity contribution in [2.75, 3.05) is 52.9 Å². The van der Waals surface area contributed by atoms with Crippen LogP contribution in [0.4, 0.5) is 0 Å². The molecule has 0 fully saturated rings. The lowest BCUT2D eigenvalue weighted by molar-refractivity contribution is -0.00255. The van der Waals surface area contributed by atoms with Crippen molar-refractivity contribution in [1.29, 1.82) is 0 Å². The normalized spacial score (nSPS) is 12.6. The molecule has 0 unspecified atom stereocenters. The van der Waals surface area contributed by atoms with Crippen LogP contribution >= 0.6 is 0 Å². The summed E-state index contributed by atoms with van der Waals surface area (Å²) in [6.07, 6.45) is 14.3. The van der Waals surface area contributed by atoms with Crippen LogP contribution in [-0.4, -0.2) is 83.5 Å². The molecule has 0 heterocycles. The average molecular weight is 451 g/mol. The van der Waals surface area contributed by atoms with Crippen molar-refractivity contribution < 1.29 is 35.4 Å². The van der Waals surface area contributed by atoms with Gasteiger partial charge in [-0.15, -0.1) is 0 Å². The molecule has 0 aliphatic heterocycles. The third-order valence-electron chi connectivity index (χ3n) is 6.50. The first-order valence-electron chi connectivity index (χ1n) is 12.3. The molecular weight excluding hydrogens is 400 g/mol. The van der Waals surface area contributed by atoms with Crippen LogP contribution < -0.4 is 0 Å². The van der Waals surface area contributed by atoms with E-state index in [1.54, 1.807) is 0 Å². The van der Waals surface area contributed by atoms with E-state index in [1.165, 1.54) is 0 Å². The van der Waals surface area contributed by atoms with E-state index in [1.807, 2.05) is 0 Å². The van der Waals surface area contributed by atoms with Gasteiger partial charge in [0.1, 0.15) is 0 Å². The Bertz CT molecular complexity index is 320. The summed E-state index contributed by atoms with van der Waals surface area (Å²) in [5, 5.41) is 55.8. The number of aliphatic hydroxyl groups is 6. The molecule has 0 saturated carbocycles. The van der Waals surface area contributed by atoms with Crippen molar-refractivity contribution in [2.45, 2.75) is 89.9 Å². The van der Waals surface area contributed by atoms with E-state index in [-0.39, 0.29) is 39.6 Å². The second-order valence-electron chi connectivity index (χ2n) is 9.30. The third-order valence-corrected chi connectivity index (χ3v) is 6.50. The number of hydrogen-bond donors (Lipinski definition) is 6. The first kappa shape index (κ1) is 30.7. The number of aliphatic hydroxyl groups excluding tert-OH is 6. The summed E-state index contributed by atoms with van der Waals surface area (Å²) in [4.78, 5) is 0. The van der Waals surface area contributed by atoms with Crippen LogP contribution in [0.2, 0.25) is 0 Å². The number of unbranched alkanes of at least 4 members (excludes halogenated alkanes) is 10. The Kier molecular flexibility index (Phi) is 20.2. The second kappa shape index (κ2) is 20.3. The molecule has 0 aromatic carbocycles. The van der Waals surface area contributed by atoms with E-state index in [4.69, 9.17) is 4.74 Å². The summed E-state index contributed by atoms with van der Waals surface area (Å²) in [6.45, 7) is 0.615. The fraction of sp³-hybridized carbons (Fsp3) is 1.00. The smallest absolute Gasteiger partial charge is 0.0531 e. The van der Waals surface area contributed by atoms with E-state index >= 15 is 0 Å². The van der Waals surface area contributed by atoms with Gasteiger partial charge in [0.15, 0.2) is 0 Å². The van der Waals surface area contributed by atoms with Gasteiger partial charge in [-0.1, -0.05) is 64.2 Å². The van der Waals surface area contributed by atoms with Crippen molar-refractivity contribution in [1.82, 2.24) is 0 Å². The lowest BCUT2D eigenvalue weighted by atomic mass is 9.85. The van der Waals surface area contributed by atoms with Gasteiger partial charge in [-0.2, -0.15) is 0 Å². The van der Waals surface area contributed by atoms with Crippen molar-refractivity contribution in [2.24, 2.45) is 10.8 Å². The number of ether oxygens (including phenoxy) is 1. The van der Waals surface area contributed by atoms with Gasteiger partial charge in [-0.05, 0) is 25.7 Å². The molecule has 0 aromatic heterocycles. The standard InChI is InChI=1S/C24H50O7/c25-17-23(18-26,19-27)13-9-5-1-3-7-11-15-31-16-12-8-4-2-6-10-14-24(20-28,21-29)22-30/h25-30H,1-22H2. The third kappa shape index (κ3) is 14.5. The topological polar surface area (TPSA) is 131 Å². The number of rotatable bonds is 24. The minimum atomic E-state index is -0.723. The molecule has 0 aliphatic rings. The highest BCUT2D eigenvalue weighted by Crippen LogP contribution is 2.24. The fourth-order valence-electron chi connectivity index (χ4n) is 3.70. The van der Waals surface area contributed by atoms with Crippen LogP contribution in [0.25, 0.3) is 0 Å². The number of hydrogen-bond acceptors (Lipinski definition) is 7. The molecule has 7 heteroatoms. The van der Waals surface area contributed by atoms with E-state index in [9.17, 15) is 30.6 Å². The van der Waals surface area contributed by atoms with E-state index < -0.39 is 10.8 Å². The quantitative estimate of drug-likeness (QED) is 0.125. The molecule has 0 atom stereocenters. The van der Waals surface area contributed by atoms with Gasteiger partial charge in [-0.3, -0.25) is 0 Å². The molecule has 31 heavy (non-hydrogen) atoms. The summed E-state index contributed by atoms with van der Waals surface area (Å²) in [5.41, 5.74) is -1.45. The van der Waals surface area contributed by atoms with Gasteiger partial charge >= 0.3 is 0 Å². The Hall–Kier alpha value is -0.280. The average Bonchev–Trinajstić information content (AvgIpc) is 2.82. The van der Waals surface area contributed by atoms with Gasteiger partial charge in [0.05, 0.1) is 39.6 Å². The second-order valence-corrected chi connectivity index (χ2v) is 9.30. The van der Waals surface area contributed by atoms with Crippen molar-refractivity contribution in [3.8, 4) is 0 Å². The van der Waals surface area contributed by atoms with Crippen LogP contribution in [-0.2, 0) is 4.74 Å². The van der Waals surface area contributed by atoms with E-state index in [0.717, 1.165) is 90.3 Å². The molecule has 7 nitrogen and oxygen atoms in total. The Labute approximate surface area is 189 Å². The Morgan fingerprint density at radius 3 is 0.903 bits per heavy atom. The summed E-state index contributed by atoms with van der Waals surface area (Å²) in [7, 11) is 0. The molecule has 6 N–H and O–H groups in total. The molecule has 0 bridgehead atoms. The lowest BCUT2D eigenvalue weighted by Gasteiger charge is -2.27. The molecule has 0 spiro atoms. The predicted octanol–water partition coefficient (Wildman–Crippen LogP) is 2.39. The van der Waals surface area contributed by atoms with Gasteiger partial charge in [0, 0.05) is 24.0 Å². The van der Waals surface area contributed by atoms with Gasteiger partial charge < -0.3 is 35.4 Å². The molecule has 188 valence electrons. The Morgan fingerprint density at radius 2 is 0.613 bits per heavy atom. The zero-order valence-electron chi connectivity index (χ0n) is 19.6. The monoisotopic (exact) mass is 450 g/mol.